The van der Waals surface area contributed by atoms with Gasteiger partial charge in [-0.1, -0.05) is 0 Å². The van der Waals surface area contributed by atoms with Crippen molar-refractivity contribution in [1.82, 2.24) is 14.9 Å². The summed E-state index contributed by atoms with van der Waals surface area (Å²) in [6.45, 7) is 2.86. The summed E-state index contributed by atoms with van der Waals surface area (Å²) < 4.78 is 33.2. The molecule has 5 rings (SSSR count). The number of anilines is 1. The van der Waals surface area contributed by atoms with Crippen molar-refractivity contribution < 1.29 is 28.4 Å². The largest absolute Gasteiger partial charge is 0.493 e. The molecule has 0 N–H and O–H groups in total. The van der Waals surface area contributed by atoms with E-state index in [9.17, 15) is 0 Å². The van der Waals surface area contributed by atoms with E-state index in [4.69, 9.17) is 28.4 Å². The third kappa shape index (κ3) is 6.86. The zero-order valence-electron chi connectivity index (χ0n) is 27.1. The lowest BCUT2D eigenvalue weighted by atomic mass is 10.0. The quantitative estimate of drug-likeness (QED) is 0.190. The van der Waals surface area contributed by atoms with Crippen molar-refractivity contribution in [2.45, 2.75) is 25.4 Å². The monoisotopic (exact) mass is 614 g/mol. The SMILES string of the molecule is COc1cc(-c2cc(CN3CCC(N(C)c4ccnc(-c5cc(OC)c(OC)c(OC)c5)c4)CC3)ccn2)cc(OC)c1OC. The molecular formula is C35H42N4O6. The van der Waals surface area contributed by atoms with Crippen LogP contribution in [0.1, 0.15) is 18.4 Å². The second kappa shape index (κ2) is 14.4. The minimum Gasteiger partial charge on any atom is -0.493 e. The number of benzene rings is 2. The van der Waals surface area contributed by atoms with E-state index in [2.05, 4.69) is 51.1 Å². The van der Waals surface area contributed by atoms with E-state index in [0.29, 0.717) is 40.5 Å². The number of hydrogen-bond acceptors (Lipinski definition) is 10. The maximum absolute atomic E-state index is 5.56. The number of piperidine rings is 1. The van der Waals surface area contributed by atoms with Crippen LogP contribution in [0.15, 0.2) is 60.9 Å². The summed E-state index contributed by atoms with van der Waals surface area (Å²) in [7, 11) is 11.9. The second-order valence-electron chi connectivity index (χ2n) is 10.9. The first-order valence-electron chi connectivity index (χ1n) is 14.9. The van der Waals surface area contributed by atoms with Crippen LogP contribution in [0.2, 0.25) is 0 Å². The highest BCUT2D eigenvalue weighted by atomic mass is 16.5. The first-order valence-corrected chi connectivity index (χ1v) is 14.9. The first-order chi connectivity index (χ1) is 21.9. The minimum atomic E-state index is 0.420. The van der Waals surface area contributed by atoms with E-state index in [1.165, 1.54) is 5.56 Å². The van der Waals surface area contributed by atoms with Gasteiger partial charge < -0.3 is 33.3 Å². The van der Waals surface area contributed by atoms with Gasteiger partial charge in [-0.2, -0.15) is 0 Å². The maximum atomic E-state index is 5.56. The van der Waals surface area contributed by atoms with Crippen LogP contribution in [0, 0.1) is 0 Å². The number of nitrogens with zero attached hydrogens (tertiary/aromatic N) is 4. The average Bonchev–Trinajstić information content (AvgIpc) is 3.10. The lowest BCUT2D eigenvalue weighted by molar-refractivity contribution is 0.203. The molecule has 0 spiro atoms. The highest BCUT2D eigenvalue weighted by Crippen LogP contribution is 2.42. The molecule has 45 heavy (non-hydrogen) atoms. The zero-order valence-corrected chi connectivity index (χ0v) is 27.1. The number of pyridine rings is 2. The molecule has 1 aliphatic rings. The molecule has 10 heteroatoms. The Hall–Kier alpha value is -4.70. The molecule has 0 saturated carbocycles. The molecule has 2 aromatic carbocycles. The van der Waals surface area contributed by atoms with E-state index in [1.807, 2.05) is 36.7 Å². The Balaban J connectivity index is 1.25. The molecule has 0 atom stereocenters. The summed E-state index contributed by atoms with van der Waals surface area (Å²) in [5.74, 6) is 3.55. The van der Waals surface area contributed by atoms with Crippen molar-refractivity contribution in [1.29, 1.82) is 0 Å². The van der Waals surface area contributed by atoms with Crippen molar-refractivity contribution in [3.8, 4) is 57.0 Å². The molecular weight excluding hydrogens is 572 g/mol. The molecule has 0 unspecified atom stereocenters. The Morgan fingerprint density at radius 3 is 1.58 bits per heavy atom. The standard InChI is InChI=1S/C35H42N4O6/c1-38(27-9-13-37-29(21-27)25-19-32(42-4)35(45-7)33(20-25)43-5)26-10-14-39(15-11-26)22-23-8-12-36-28(16-23)24-17-30(40-2)34(44-6)31(18-24)41-3/h8-9,12-13,16-21,26H,10-11,14-15,22H2,1-7H3. The topological polar surface area (TPSA) is 87.6 Å². The van der Waals surface area contributed by atoms with Crippen LogP contribution in [0.5, 0.6) is 34.5 Å². The molecule has 1 saturated heterocycles. The lowest BCUT2D eigenvalue weighted by Crippen LogP contribution is -2.43. The van der Waals surface area contributed by atoms with E-state index in [0.717, 1.165) is 60.7 Å². The van der Waals surface area contributed by atoms with Gasteiger partial charge in [0, 0.05) is 61.9 Å². The molecule has 2 aromatic heterocycles. The van der Waals surface area contributed by atoms with Gasteiger partial charge in [-0.05, 0) is 66.9 Å². The van der Waals surface area contributed by atoms with Gasteiger partial charge in [0.15, 0.2) is 23.0 Å². The van der Waals surface area contributed by atoms with E-state index < -0.39 is 0 Å². The Bertz CT molecular complexity index is 1560. The fourth-order valence-electron chi connectivity index (χ4n) is 5.92. The van der Waals surface area contributed by atoms with Gasteiger partial charge in [0.05, 0.1) is 54.0 Å². The lowest BCUT2D eigenvalue weighted by Gasteiger charge is -2.38. The summed E-state index contributed by atoms with van der Waals surface area (Å²) in [5, 5.41) is 0. The van der Waals surface area contributed by atoms with Gasteiger partial charge in [-0.25, -0.2) is 0 Å². The van der Waals surface area contributed by atoms with E-state index in [-0.39, 0.29) is 0 Å². The van der Waals surface area contributed by atoms with Gasteiger partial charge in [0.1, 0.15) is 0 Å². The van der Waals surface area contributed by atoms with E-state index >= 15 is 0 Å². The molecule has 1 fully saturated rings. The molecule has 0 aliphatic carbocycles. The molecule has 0 radical (unpaired) electrons. The molecule has 0 bridgehead atoms. The van der Waals surface area contributed by atoms with Crippen LogP contribution in [0.4, 0.5) is 5.69 Å². The summed E-state index contributed by atoms with van der Waals surface area (Å²) in [6.07, 6.45) is 5.84. The zero-order chi connectivity index (χ0) is 31.9. The number of aromatic nitrogens is 2. The van der Waals surface area contributed by atoms with Crippen LogP contribution in [-0.4, -0.2) is 83.7 Å². The minimum absolute atomic E-state index is 0.420. The predicted molar refractivity (Wildman–Crippen MR) is 175 cm³/mol. The third-order valence-electron chi connectivity index (χ3n) is 8.41. The van der Waals surface area contributed by atoms with Crippen molar-refractivity contribution in [3.63, 3.8) is 0 Å². The fraction of sp³-hybridized carbons (Fsp3) is 0.371. The number of rotatable bonds is 12. The van der Waals surface area contributed by atoms with Gasteiger partial charge in [0.25, 0.3) is 0 Å². The van der Waals surface area contributed by atoms with Crippen molar-refractivity contribution in [2.24, 2.45) is 0 Å². The number of methoxy groups -OCH3 is 6. The maximum Gasteiger partial charge on any atom is 0.203 e. The summed E-state index contributed by atoms with van der Waals surface area (Å²) in [4.78, 5) is 14.2. The smallest absolute Gasteiger partial charge is 0.203 e. The summed E-state index contributed by atoms with van der Waals surface area (Å²) >= 11 is 0. The molecule has 3 heterocycles. The second-order valence-corrected chi connectivity index (χ2v) is 10.9. The van der Waals surface area contributed by atoms with Crippen LogP contribution in [0.25, 0.3) is 22.5 Å². The number of ether oxygens (including phenoxy) is 6. The fourth-order valence-corrected chi connectivity index (χ4v) is 5.92. The van der Waals surface area contributed by atoms with Gasteiger partial charge in [-0.15, -0.1) is 0 Å². The van der Waals surface area contributed by atoms with Crippen LogP contribution < -0.4 is 33.3 Å². The molecule has 10 nitrogen and oxygen atoms in total. The molecule has 0 amide bonds. The first kappa shape index (κ1) is 31.7. The Morgan fingerprint density at radius 2 is 1.11 bits per heavy atom. The molecule has 1 aliphatic heterocycles. The number of likely N-dealkylation sites (tertiary alicyclic amines) is 1. The van der Waals surface area contributed by atoms with E-state index in [1.54, 1.807) is 42.7 Å². The Kier molecular flexibility index (Phi) is 10.1. The van der Waals surface area contributed by atoms with Crippen LogP contribution in [-0.2, 0) is 6.54 Å². The highest BCUT2D eigenvalue weighted by Gasteiger charge is 2.24. The van der Waals surface area contributed by atoms with Gasteiger partial charge in [0.2, 0.25) is 11.5 Å². The van der Waals surface area contributed by atoms with Crippen LogP contribution >= 0.6 is 0 Å². The number of hydrogen-bond donors (Lipinski definition) is 0. The van der Waals surface area contributed by atoms with Crippen molar-refractivity contribution in [2.75, 3.05) is 67.7 Å². The molecule has 4 aromatic rings. The van der Waals surface area contributed by atoms with Crippen molar-refractivity contribution in [3.05, 3.63) is 66.5 Å². The normalized spacial score (nSPS) is 13.7. The third-order valence-corrected chi connectivity index (χ3v) is 8.41. The Morgan fingerprint density at radius 1 is 0.644 bits per heavy atom. The van der Waals surface area contributed by atoms with Gasteiger partial charge in [-0.3, -0.25) is 14.9 Å². The van der Waals surface area contributed by atoms with Crippen LogP contribution in [0.3, 0.4) is 0 Å². The van der Waals surface area contributed by atoms with Crippen molar-refractivity contribution >= 4 is 5.69 Å². The van der Waals surface area contributed by atoms with Gasteiger partial charge >= 0.3 is 0 Å². The molecule has 238 valence electrons. The summed E-state index contributed by atoms with van der Waals surface area (Å²) in [6, 6.07) is 16.5. The predicted octanol–water partition coefficient (Wildman–Crippen LogP) is 5.96. The summed E-state index contributed by atoms with van der Waals surface area (Å²) in [5.41, 5.74) is 5.85. The highest BCUT2D eigenvalue weighted by molar-refractivity contribution is 5.71. The average molecular weight is 615 g/mol. The Labute approximate surface area is 265 Å².